The van der Waals surface area contributed by atoms with Crippen molar-refractivity contribution in [2.45, 2.75) is 25.0 Å². The van der Waals surface area contributed by atoms with Gasteiger partial charge in [-0.1, -0.05) is 18.7 Å². The normalized spacial score (nSPS) is 14.8. The van der Waals surface area contributed by atoms with Gasteiger partial charge in [0.05, 0.1) is 12.2 Å². The fraction of sp³-hybridized carbons (Fsp3) is 0.400. The number of hydrogen-bond donors (Lipinski definition) is 2. The molecule has 0 spiro atoms. The van der Waals surface area contributed by atoms with Crippen molar-refractivity contribution in [3.8, 4) is 0 Å². The van der Waals surface area contributed by atoms with Crippen molar-refractivity contribution in [3.05, 3.63) is 37.5 Å². The molecular weight excluding hydrogens is 152 g/mol. The van der Waals surface area contributed by atoms with Crippen LogP contribution in [-0.4, -0.2) is 22.4 Å². The molecular formula is C10H16O2. The van der Waals surface area contributed by atoms with Crippen LogP contribution in [0.3, 0.4) is 0 Å². The van der Waals surface area contributed by atoms with Gasteiger partial charge in [0.25, 0.3) is 0 Å². The molecule has 0 aromatic carbocycles. The Morgan fingerprint density at radius 2 is 1.42 bits per heavy atom. The first-order valence-electron chi connectivity index (χ1n) is 3.90. The summed E-state index contributed by atoms with van der Waals surface area (Å²) in [6.07, 6.45) is 2.64. The maximum Gasteiger partial charge on any atom is 0.0806 e. The predicted octanol–water partition coefficient (Wildman–Crippen LogP) is 1.42. The lowest BCUT2D eigenvalue weighted by molar-refractivity contribution is 0.147. The highest BCUT2D eigenvalue weighted by atomic mass is 16.3. The van der Waals surface area contributed by atoms with Crippen LogP contribution < -0.4 is 0 Å². The molecule has 0 aliphatic rings. The highest BCUT2D eigenvalue weighted by Gasteiger charge is 2.13. The molecule has 0 unspecified atom stereocenters. The minimum atomic E-state index is -0.697. The van der Waals surface area contributed by atoms with Gasteiger partial charge in [0.15, 0.2) is 0 Å². The Labute approximate surface area is 73.5 Å². The van der Waals surface area contributed by atoms with E-state index >= 15 is 0 Å². The Morgan fingerprint density at radius 3 is 1.67 bits per heavy atom. The van der Waals surface area contributed by atoms with Crippen LogP contribution in [0.1, 0.15) is 12.8 Å². The second-order valence-electron chi connectivity index (χ2n) is 2.66. The highest BCUT2D eigenvalue weighted by molar-refractivity contribution is 5.10. The zero-order valence-electron chi connectivity index (χ0n) is 7.24. The lowest BCUT2D eigenvalue weighted by Gasteiger charge is -2.16. The zero-order valence-corrected chi connectivity index (χ0v) is 7.24. The summed E-state index contributed by atoms with van der Waals surface area (Å²) in [7, 11) is 0. The average Bonchev–Trinajstić information content (AvgIpc) is 2.04. The molecule has 0 aliphatic heterocycles. The molecule has 0 saturated carbocycles. The fourth-order valence-corrected chi connectivity index (χ4v) is 0.841. The molecule has 0 rings (SSSR count). The van der Waals surface area contributed by atoms with Crippen LogP contribution in [0.25, 0.3) is 0 Å². The van der Waals surface area contributed by atoms with Gasteiger partial charge in [0, 0.05) is 0 Å². The highest BCUT2D eigenvalue weighted by Crippen LogP contribution is 2.12. The lowest BCUT2D eigenvalue weighted by atomic mass is 10.0. The average molecular weight is 168 g/mol. The molecule has 0 fully saturated rings. The van der Waals surface area contributed by atoms with Crippen LogP contribution in [0, 0.1) is 0 Å². The number of hydrogen-bond acceptors (Lipinski definition) is 2. The largest absolute Gasteiger partial charge is 0.388 e. The van der Waals surface area contributed by atoms with Crippen molar-refractivity contribution >= 4 is 0 Å². The maximum atomic E-state index is 9.35. The first-order chi connectivity index (χ1) is 5.63. The van der Waals surface area contributed by atoms with E-state index in [1.807, 2.05) is 0 Å². The van der Waals surface area contributed by atoms with E-state index in [2.05, 4.69) is 19.7 Å². The van der Waals surface area contributed by atoms with Crippen LogP contribution in [0.15, 0.2) is 37.5 Å². The van der Waals surface area contributed by atoms with Gasteiger partial charge in [0.1, 0.15) is 0 Å². The minimum Gasteiger partial charge on any atom is -0.388 e. The maximum absolute atomic E-state index is 9.35. The summed E-state index contributed by atoms with van der Waals surface area (Å²) in [5, 5.41) is 18.7. The van der Waals surface area contributed by atoms with Gasteiger partial charge < -0.3 is 10.2 Å². The molecule has 0 radical (unpaired) electrons. The van der Waals surface area contributed by atoms with E-state index in [1.54, 1.807) is 12.2 Å². The molecule has 0 amide bonds. The number of aliphatic hydroxyl groups excluding tert-OH is 2. The zero-order chi connectivity index (χ0) is 9.56. The van der Waals surface area contributed by atoms with Crippen molar-refractivity contribution in [1.82, 2.24) is 0 Å². The summed E-state index contributed by atoms with van der Waals surface area (Å²) in [6.45, 7) is 10.6. The molecule has 2 atom stereocenters. The smallest absolute Gasteiger partial charge is 0.0806 e. The third kappa shape index (κ3) is 3.51. The van der Waals surface area contributed by atoms with E-state index in [0.29, 0.717) is 18.4 Å². The Hall–Kier alpha value is -0.860. The van der Waals surface area contributed by atoms with Gasteiger partial charge in [-0.25, -0.2) is 0 Å². The van der Waals surface area contributed by atoms with E-state index in [9.17, 15) is 10.2 Å². The van der Waals surface area contributed by atoms with E-state index in [1.165, 1.54) is 0 Å². The molecule has 12 heavy (non-hydrogen) atoms. The van der Waals surface area contributed by atoms with E-state index in [-0.39, 0.29) is 0 Å². The summed E-state index contributed by atoms with van der Waals surface area (Å²) in [5.74, 6) is 0. The van der Waals surface area contributed by atoms with Crippen LogP contribution in [0.4, 0.5) is 0 Å². The first-order valence-corrected chi connectivity index (χ1v) is 3.90. The topological polar surface area (TPSA) is 40.5 Å². The number of rotatable bonds is 6. The van der Waals surface area contributed by atoms with Crippen molar-refractivity contribution < 1.29 is 10.2 Å². The summed E-state index contributed by atoms with van der Waals surface area (Å²) < 4.78 is 0. The molecule has 0 saturated heterocycles. The predicted molar refractivity (Wildman–Crippen MR) is 50.8 cm³/mol. The van der Waals surface area contributed by atoms with Crippen LogP contribution in [0.5, 0.6) is 0 Å². The van der Waals surface area contributed by atoms with Crippen LogP contribution in [-0.2, 0) is 0 Å². The third-order valence-corrected chi connectivity index (χ3v) is 1.64. The van der Waals surface area contributed by atoms with Crippen molar-refractivity contribution in [2.24, 2.45) is 0 Å². The first kappa shape index (κ1) is 11.1. The van der Waals surface area contributed by atoms with Gasteiger partial charge >= 0.3 is 0 Å². The van der Waals surface area contributed by atoms with E-state index in [0.717, 1.165) is 0 Å². The molecule has 0 bridgehead atoms. The SMILES string of the molecule is C=CC[C@H](O)C(=C)[C@@H](O)CC=C. The standard InChI is InChI=1S/C10H16O2/c1-4-6-9(11)8(3)10(12)7-5-2/h4-5,9-12H,1-3,6-7H2/t9-,10-/m0/s1. The Morgan fingerprint density at radius 1 is 1.08 bits per heavy atom. The molecule has 0 aromatic rings. The number of aliphatic hydroxyl groups is 2. The quantitative estimate of drug-likeness (QED) is 0.589. The third-order valence-electron chi connectivity index (χ3n) is 1.64. The molecule has 0 aromatic heterocycles. The Balaban J connectivity index is 3.98. The second-order valence-corrected chi connectivity index (χ2v) is 2.66. The van der Waals surface area contributed by atoms with Crippen molar-refractivity contribution in [2.75, 3.05) is 0 Å². The van der Waals surface area contributed by atoms with Gasteiger partial charge in [-0.15, -0.1) is 13.2 Å². The Kier molecular flexibility index (Phi) is 5.34. The lowest BCUT2D eigenvalue weighted by Crippen LogP contribution is -2.20. The van der Waals surface area contributed by atoms with E-state index < -0.39 is 12.2 Å². The fourth-order valence-electron chi connectivity index (χ4n) is 0.841. The molecule has 2 N–H and O–H groups in total. The summed E-state index contributed by atoms with van der Waals surface area (Å²) >= 11 is 0. The molecule has 0 aliphatic carbocycles. The molecule has 0 heterocycles. The van der Waals surface area contributed by atoms with Crippen LogP contribution >= 0.6 is 0 Å². The molecule has 2 nitrogen and oxygen atoms in total. The second kappa shape index (κ2) is 5.75. The van der Waals surface area contributed by atoms with E-state index in [4.69, 9.17) is 0 Å². The molecule has 2 heteroatoms. The summed E-state index contributed by atoms with van der Waals surface area (Å²) in [4.78, 5) is 0. The van der Waals surface area contributed by atoms with Crippen LogP contribution in [0.2, 0.25) is 0 Å². The monoisotopic (exact) mass is 168 g/mol. The van der Waals surface area contributed by atoms with Gasteiger partial charge in [-0.3, -0.25) is 0 Å². The Bertz CT molecular complexity index is 155. The van der Waals surface area contributed by atoms with Gasteiger partial charge in [-0.05, 0) is 18.4 Å². The summed E-state index contributed by atoms with van der Waals surface area (Å²) in [5.41, 5.74) is 0.426. The van der Waals surface area contributed by atoms with Gasteiger partial charge in [-0.2, -0.15) is 0 Å². The molecule has 68 valence electrons. The minimum absolute atomic E-state index is 0.424. The summed E-state index contributed by atoms with van der Waals surface area (Å²) in [6, 6.07) is 0. The van der Waals surface area contributed by atoms with Crippen molar-refractivity contribution in [1.29, 1.82) is 0 Å². The van der Waals surface area contributed by atoms with Gasteiger partial charge in [0.2, 0.25) is 0 Å². The van der Waals surface area contributed by atoms with Crippen molar-refractivity contribution in [3.63, 3.8) is 0 Å².